The Bertz CT molecular complexity index is 846. The number of esters is 1. The zero-order valence-electron chi connectivity index (χ0n) is 13.4. The molecule has 0 atom stereocenters. The molecule has 0 saturated carbocycles. The number of ether oxygens (including phenoxy) is 2. The summed E-state index contributed by atoms with van der Waals surface area (Å²) in [4.78, 5) is 19.6. The molecule has 1 heterocycles. The van der Waals surface area contributed by atoms with Gasteiger partial charge in [-0.25, -0.2) is 14.8 Å². The zero-order chi connectivity index (χ0) is 16.9. The molecule has 0 fully saturated rings. The third kappa shape index (κ3) is 3.41. The average molecular weight is 320 g/mol. The minimum atomic E-state index is -0.343. The van der Waals surface area contributed by atoms with Crippen LogP contribution < -0.4 is 4.74 Å². The van der Waals surface area contributed by atoms with E-state index in [-0.39, 0.29) is 5.97 Å². The molecule has 0 bridgehead atoms. The first-order valence-corrected chi connectivity index (χ1v) is 7.41. The van der Waals surface area contributed by atoms with Crippen LogP contribution in [0.2, 0.25) is 0 Å². The molecule has 1 aromatic heterocycles. The number of nitrogens with zero attached hydrogens (tertiary/aromatic N) is 2. The molecule has 3 aromatic rings. The molecule has 0 aliphatic rings. The lowest BCUT2D eigenvalue weighted by atomic mass is 9.99. The summed E-state index contributed by atoms with van der Waals surface area (Å²) >= 11 is 0. The van der Waals surface area contributed by atoms with E-state index in [1.165, 1.54) is 7.11 Å². The van der Waals surface area contributed by atoms with Gasteiger partial charge in [0.25, 0.3) is 0 Å². The lowest BCUT2D eigenvalue weighted by Crippen LogP contribution is -2.00. The van der Waals surface area contributed by atoms with E-state index >= 15 is 0 Å². The normalized spacial score (nSPS) is 10.2. The molecule has 0 N–H and O–H groups in total. The molecule has 3 rings (SSSR count). The van der Waals surface area contributed by atoms with Crippen LogP contribution in [0.4, 0.5) is 0 Å². The summed E-state index contributed by atoms with van der Waals surface area (Å²) in [7, 11) is 1.37. The van der Waals surface area contributed by atoms with Gasteiger partial charge in [0.2, 0.25) is 0 Å². The highest BCUT2D eigenvalue weighted by molar-refractivity contribution is 5.90. The van der Waals surface area contributed by atoms with E-state index in [1.807, 2.05) is 37.3 Å². The van der Waals surface area contributed by atoms with Gasteiger partial charge in [-0.05, 0) is 53.9 Å². The van der Waals surface area contributed by atoms with Crippen LogP contribution >= 0.6 is 0 Å². The largest absolute Gasteiger partial charge is 0.465 e. The third-order valence-corrected chi connectivity index (χ3v) is 3.57. The zero-order valence-corrected chi connectivity index (χ0v) is 13.4. The van der Waals surface area contributed by atoms with E-state index in [2.05, 4.69) is 9.97 Å². The molecule has 0 spiro atoms. The Kier molecular flexibility index (Phi) is 4.52. The molecule has 5 heteroatoms. The van der Waals surface area contributed by atoms with Gasteiger partial charge in [-0.2, -0.15) is 0 Å². The second-order valence-corrected chi connectivity index (χ2v) is 5.18. The number of benzene rings is 2. The van der Waals surface area contributed by atoms with Crippen molar-refractivity contribution in [1.29, 1.82) is 0 Å². The van der Waals surface area contributed by atoms with E-state index in [1.54, 1.807) is 30.6 Å². The minimum Gasteiger partial charge on any atom is -0.465 e. The van der Waals surface area contributed by atoms with Crippen molar-refractivity contribution in [2.45, 2.75) is 6.92 Å². The predicted molar refractivity (Wildman–Crippen MR) is 90.1 cm³/mol. The van der Waals surface area contributed by atoms with E-state index < -0.39 is 0 Å². The van der Waals surface area contributed by atoms with Gasteiger partial charge in [0.05, 0.1) is 12.7 Å². The summed E-state index contributed by atoms with van der Waals surface area (Å²) in [6.45, 7) is 2.00. The van der Waals surface area contributed by atoms with Crippen molar-refractivity contribution in [2.75, 3.05) is 7.11 Å². The molecule has 0 amide bonds. The molecule has 0 aliphatic heterocycles. The number of hydrogen-bond donors (Lipinski definition) is 0. The highest BCUT2D eigenvalue weighted by atomic mass is 16.5. The van der Waals surface area contributed by atoms with Gasteiger partial charge in [-0.1, -0.05) is 18.2 Å². The van der Waals surface area contributed by atoms with Gasteiger partial charge >= 0.3 is 12.0 Å². The lowest BCUT2D eigenvalue weighted by Gasteiger charge is -2.10. The van der Waals surface area contributed by atoms with Crippen molar-refractivity contribution < 1.29 is 14.3 Å². The van der Waals surface area contributed by atoms with Crippen molar-refractivity contribution in [3.8, 4) is 22.9 Å². The summed E-state index contributed by atoms with van der Waals surface area (Å²) in [5.41, 5.74) is 3.66. The van der Waals surface area contributed by atoms with E-state index in [9.17, 15) is 4.79 Å². The molecule has 120 valence electrons. The SMILES string of the molecule is COC(=O)c1ccc(-c2ccc(Oc3ncccn3)cc2C)cc1. The van der Waals surface area contributed by atoms with Crippen molar-refractivity contribution in [1.82, 2.24) is 9.97 Å². The number of methoxy groups -OCH3 is 1. The Morgan fingerprint density at radius 1 is 1.00 bits per heavy atom. The van der Waals surface area contributed by atoms with Crippen LogP contribution in [-0.2, 0) is 4.74 Å². The molecule has 0 saturated heterocycles. The summed E-state index contributed by atoms with van der Waals surface area (Å²) in [6.07, 6.45) is 3.26. The number of carbonyl (C=O) groups excluding carboxylic acids is 1. The Morgan fingerprint density at radius 2 is 1.71 bits per heavy atom. The maximum atomic E-state index is 11.5. The topological polar surface area (TPSA) is 61.3 Å². The van der Waals surface area contributed by atoms with Gasteiger partial charge < -0.3 is 9.47 Å². The number of aromatic nitrogens is 2. The molecule has 5 nitrogen and oxygen atoms in total. The van der Waals surface area contributed by atoms with Crippen LogP contribution in [0.15, 0.2) is 60.9 Å². The molecular weight excluding hydrogens is 304 g/mol. The number of carbonyl (C=O) groups is 1. The first-order chi connectivity index (χ1) is 11.7. The van der Waals surface area contributed by atoms with Gasteiger partial charge in [-0.3, -0.25) is 0 Å². The standard InChI is InChI=1S/C19H16N2O3/c1-13-12-16(24-19-20-10-3-11-21-19)8-9-17(13)14-4-6-15(7-5-14)18(22)23-2/h3-12H,1-2H3. The predicted octanol–water partition coefficient (Wildman–Crippen LogP) is 4.03. The van der Waals surface area contributed by atoms with Crippen LogP contribution in [0.1, 0.15) is 15.9 Å². The fourth-order valence-electron chi connectivity index (χ4n) is 2.37. The second-order valence-electron chi connectivity index (χ2n) is 5.18. The number of aryl methyl sites for hydroxylation is 1. The van der Waals surface area contributed by atoms with Gasteiger partial charge in [0, 0.05) is 12.4 Å². The van der Waals surface area contributed by atoms with Crippen molar-refractivity contribution in [3.63, 3.8) is 0 Å². The highest BCUT2D eigenvalue weighted by Crippen LogP contribution is 2.28. The van der Waals surface area contributed by atoms with Gasteiger partial charge in [-0.15, -0.1) is 0 Å². The fraction of sp³-hybridized carbons (Fsp3) is 0.105. The third-order valence-electron chi connectivity index (χ3n) is 3.57. The summed E-state index contributed by atoms with van der Waals surface area (Å²) in [6, 6.07) is 15.1. The Balaban J connectivity index is 1.83. The monoisotopic (exact) mass is 320 g/mol. The van der Waals surface area contributed by atoms with E-state index in [0.717, 1.165) is 16.7 Å². The number of rotatable bonds is 4. The van der Waals surface area contributed by atoms with Crippen LogP contribution in [0.5, 0.6) is 11.8 Å². The number of hydrogen-bond acceptors (Lipinski definition) is 5. The average Bonchev–Trinajstić information content (AvgIpc) is 2.62. The van der Waals surface area contributed by atoms with E-state index in [4.69, 9.17) is 9.47 Å². The van der Waals surface area contributed by atoms with Crippen LogP contribution in [-0.4, -0.2) is 23.0 Å². The Labute approximate surface area is 139 Å². The first-order valence-electron chi connectivity index (χ1n) is 7.41. The quantitative estimate of drug-likeness (QED) is 0.679. The van der Waals surface area contributed by atoms with Crippen molar-refractivity contribution in [2.24, 2.45) is 0 Å². The van der Waals surface area contributed by atoms with Crippen molar-refractivity contribution in [3.05, 3.63) is 72.1 Å². The fourth-order valence-corrected chi connectivity index (χ4v) is 2.37. The lowest BCUT2D eigenvalue weighted by molar-refractivity contribution is 0.0601. The summed E-state index contributed by atoms with van der Waals surface area (Å²) in [5.74, 6) is 0.332. The summed E-state index contributed by atoms with van der Waals surface area (Å²) in [5, 5.41) is 0. The van der Waals surface area contributed by atoms with Crippen LogP contribution in [0.3, 0.4) is 0 Å². The van der Waals surface area contributed by atoms with Crippen molar-refractivity contribution >= 4 is 5.97 Å². The van der Waals surface area contributed by atoms with Gasteiger partial charge in [0.1, 0.15) is 5.75 Å². The molecular formula is C19H16N2O3. The minimum absolute atomic E-state index is 0.312. The molecule has 0 radical (unpaired) electrons. The Hall–Kier alpha value is -3.21. The van der Waals surface area contributed by atoms with Crippen LogP contribution in [0, 0.1) is 6.92 Å². The van der Waals surface area contributed by atoms with E-state index in [0.29, 0.717) is 17.3 Å². The Morgan fingerprint density at radius 3 is 2.33 bits per heavy atom. The first kappa shape index (κ1) is 15.7. The highest BCUT2D eigenvalue weighted by Gasteiger charge is 2.08. The molecule has 24 heavy (non-hydrogen) atoms. The summed E-state index contributed by atoms with van der Waals surface area (Å²) < 4.78 is 10.3. The molecule has 0 aliphatic carbocycles. The second kappa shape index (κ2) is 6.91. The van der Waals surface area contributed by atoms with Crippen LogP contribution in [0.25, 0.3) is 11.1 Å². The smallest absolute Gasteiger partial charge is 0.337 e. The maximum Gasteiger partial charge on any atom is 0.337 e. The maximum absolute atomic E-state index is 11.5. The molecule has 0 unspecified atom stereocenters. The van der Waals surface area contributed by atoms with Gasteiger partial charge in [0.15, 0.2) is 0 Å². The molecule has 2 aromatic carbocycles.